The lowest BCUT2D eigenvalue weighted by atomic mass is 10.0. The summed E-state index contributed by atoms with van der Waals surface area (Å²) in [5, 5.41) is 0.673. The molecule has 0 bridgehead atoms. The number of benzene rings is 1. The van der Waals surface area contributed by atoms with Crippen molar-refractivity contribution >= 4 is 11.6 Å². The minimum atomic E-state index is 0.359. The average molecular weight is 215 g/mol. The summed E-state index contributed by atoms with van der Waals surface area (Å²) in [5.74, 6) is 1.81. The lowest BCUT2D eigenvalue weighted by Gasteiger charge is -2.15. The van der Waals surface area contributed by atoms with E-state index in [1.807, 2.05) is 6.07 Å². The topological polar surface area (TPSA) is 18.5 Å². The third-order valence-corrected chi connectivity index (χ3v) is 2.31. The molecule has 0 atom stereocenters. The summed E-state index contributed by atoms with van der Waals surface area (Å²) < 4.78 is 10.5. The smallest absolute Gasteiger partial charge is 0.164 e. The van der Waals surface area contributed by atoms with Crippen LogP contribution in [0.3, 0.4) is 0 Å². The molecule has 0 radical (unpaired) electrons. The second-order valence-corrected chi connectivity index (χ2v) is 3.82. The van der Waals surface area contributed by atoms with E-state index in [4.69, 9.17) is 21.1 Å². The minimum absolute atomic E-state index is 0.359. The normalized spacial score (nSPS) is 10.4. The van der Waals surface area contributed by atoms with Gasteiger partial charge in [0.05, 0.1) is 14.2 Å². The monoisotopic (exact) mass is 214 g/mol. The summed E-state index contributed by atoms with van der Waals surface area (Å²) >= 11 is 5.97. The van der Waals surface area contributed by atoms with Gasteiger partial charge in [0.25, 0.3) is 0 Å². The van der Waals surface area contributed by atoms with Crippen LogP contribution >= 0.6 is 11.6 Å². The maximum atomic E-state index is 5.97. The molecular formula is C11H15ClO2. The molecule has 0 aromatic heterocycles. The van der Waals surface area contributed by atoms with Crippen LogP contribution in [0.1, 0.15) is 25.3 Å². The van der Waals surface area contributed by atoms with E-state index in [0.29, 0.717) is 16.7 Å². The molecule has 1 aromatic carbocycles. The number of ether oxygens (including phenoxy) is 2. The Kier molecular flexibility index (Phi) is 3.64. The van der Waals surface area contributed by atoms with Crippen molar-refractivity contribution in [2.24, 2.45) is 0 Å². The molecule has 2 nitrogen and oxygen atoms in total. The molecule has 0 fully saturated rings. The van der Waals surface area contributed by atoms with Crippen molar-refractivity contribution in [2.75, 3.05) is 14.2 Å². The van der Waals surface area contributed by atoms with E-state index in [2.05, 4.69) is 13.8 Å². The summed E-state index contributed by atoms with van der Waals surface area (Å²) in [6, 6.07) is 3.67. The Morgan fingerprint density at radius 1 is 1.14 bits per heavy atom. The highest BCUT2D eigenvalue weighted by Gasteiger charge is 2.13. The summed E-state index contributed by atoms with van der Waals surface area (Å²) in [6.45, 7) is 4.18. The minimum Gasteiger partial charge on any atom is -0.493 e. The molecule has 0 aliphatic rings. The SMILES string of the molecule is COc1cc(Cl)cc(C(C)C)c1OC. The first kappa shape index (κ1) is 11.2. The Hall–Kier alpha value is -0.890. The summed E-state index contributed by atoms with van der Waals surface area (Å²) in [5.41, 5.74) is 1.07. The zero-order valence-corrected chi connectivity index (χ0v) is 9.68. The van der Waals surface area contributed by atoms with Gasteiger partial charge in [-0.25, -0.2) is 0 Å². The highest BCUT2D eigenvalue weighted by Crippen LogP contribution is 2.38. The number of halogens is 1. The van der Waals surface area contributed by atoms with E-state index in [-0.39, 0.29) is 0 Å². The van der Waals surface area contributed by atoms with Crippen LogP contribution in [0.4, 0.5) is 0 Å². The van der Waals surface area contributed by atoms with Gasteiger partial charge in [0.1, 0.15) is 0 Å². The lowest BCUT2D eigenvalue weighted by molar-refractivity contribution is 0.350. The van der Waals surface area contributed by atoms with Crippen LogP contribution in [0.2, 0.25) is 5.02 Å². The Balaban J connectivity index is 3.31. The zero-order valence-electron chi connectivity index (χ0n) is 8.93. The summed E-state index contributed by atoms with van der Waals surface area (Å²) in [4.78, 5) is 0. The number of hydrogen-bond donors (Lipinski definition) is 0. The highest BCUT2D eigenvalue weighted by atomic mass is 35.5. The van der Waals surface area contributed by atoms with Gasteiger partial charge in [-0.05, 0) is 12.0 Å². The summed E-state index contributed by atoms with van der Waals surface area (Å²) in [6.07, 6.45) is 0. The molecule has 78 valence electrons. The van der Waals surface area contributed by atoms with Crippen molar-refractivity contribution in [1.82, 2.24) is 0 Å². The highest BCUT2D eigenvalue weighted by molar-refractivity contribution is 6.30. The maximum absolute atomic E-state index is 5.97. The molecule has 0 aliphatic heterocycles. The second-order valence-electron chi connectivity index (χ2n) is 3.39. The molecule has 1 aromatic rings. The molecule has 0 heterocycles. The van der Waals surface area contributed by atoms with Crippen LogP contribution in [0, 0.1) is 0 Å². The van der Waals surface area contributed by atoms with E-state index in [1.165, 1.54) is 0 Å². The van der Waals surface area contributed by atoms with Crippen molar-refractivity contribution in [1.29, 1.82) is 0 Å². The standard InChI is InChI=1S/C11H15ClO2/c1-7(2)9-5-8(12)6-10(13-3)11(9)14-4/h5-7H,1-4H3. The lowest BCUT2D eigenvalue weighted by Crippen LogP contribution is -1.97. The van der Waals surface area contributed by atoms with Crippen LogP contribution < -0.4 is 9.47 Å². The largest absolute Gasteiger partial charge is 0.493 e. The van der Waals surface area contributed by atoms with Crippen LogP contribution in [0.25, 0.3) is 0 Å². The molecule has 0 unspecified atom stereocenters. The Morgan fingerprint density at radius 2 is 1.79 bits per heavy atom. The van der Waals surface area contributed by atoms with Gasteiger partial charge >= 0.3 is 0 Å². The Bertz CT molecular complexity index is 321. The van der Waals surface area contributed by atoms with Crippen LogP contribution in [-0.4, -0.2) is 14.2 Å². The number of hydrogen-bond acceptors (Lipinski definition) is 2. The third kappa shape index (κ3) is 2.13. The molecule has 0 aliphatic carbocycles. The van der Waals surface area contributed by atoms with Crippen LogP contribution in [0.5, 0.6) is 11.5 Å². The third-order valence-electron chi connectivity index (χ3n) is 2.09. The molecule has 0 saturated heterocycles. The molecule has 0 N–H and O–H groups in total. The van der Waals surface area contributed by atoms with Gasteiger partial charge in [-0.15, -0.1) is 0 Å². The number of rotatable bonds is 3. The molecular weight excluding hydrogens is 200 g/mol. The second kappa shape index (κ2) is 4.56. The quantitative estimate of drug-likeness (QED) is 0.767. The summed E-state index contributed by atoms with van der Waals surface area (Å²) in [7, 11) is 3.25. The average Bonchev–Trinajstić information content (AvgIpc) is 2.16. The molecule has 0 saturated carbocycles. The predicted octanol–water partition coefficient (Wildman–Crippen LogP) is 3.48. The van der Waals surface area contributed by atoms with E-state index < -0.39 is 0 Å². The van der Waals surface area contributed by atoms with Gasteiger partial charge < -0.3 is 9.47 Å². The van der Waals surface area contributed by atoms with Crippen molar-refractivity contribution < 1.29 is 9.47 Å². The molecule has 0 spiro atoms. The molecule has 14 heavy (non-hydrogen) atoms. The predicted molar refractivity (Wildman–Crippen MR) is 58.6 cm³/mol. The van der Waals surface area contributed by atoms with Crippen molar-refractivity contribution in [2.45, 2.75) is 19.8 Å². The van der Waals surface area contributed by atoms with Gasteiger partial charge in [0.15, 0.2) is 11.5 Å². The Labute approximate surface area is 89.8 Å². The van der Waals surface area contributed by atoms with Crippen molar-refractivity contribution in [3.63, 3.8) is 0 Å². The van der Waals surface area contributed by atoms with Crippen LogP contribution in [0.15, 0.2) is 12.1 Å². The fourth-order valence-corrected chi connectivity index (χ4v) is 1.60. The van der Waals surface area contributed by atoms with E-state index in [9.17, 15) is 0 Å². The van der Waals surface area contributed by atoms with Crippen molar-refractivity contribution in [3.8, 4) is 11.5 Å². The van der Waals surface area contributed by atoms with E-state index in [1.54, 1.807) is 20.3 Å². The maximum Gasteiger partial charge on any atom is 0.164 e. The first-order valence-corrected chi connectivity index (χ1v) is 4.89. The van der Waals surface area contributed by atoms with Crippen LogP contribution in [-0.2, 0) is 0 Å². The van der Waals surface area contributed by atoms with E-state index in [0.717, 1.165) is 11.3 Å². The first-order valence-electron chi connectivity index (χ1n) is 4.51. The van der Waals surface area contributed by atoms with Crippen molar-refractivity contribution in [3.05, 3.63) is 22.7 Å². The Morgan fingerprint density at radius 3 is 2.21 bits per heavy atom. The molecule has 3 heteroatoms. The van der Waals surface area contributed by atoms with Gasteiger partial charge in [-0.1, -0.05) is 25.4 Å². The first-order chi connectivity index (χ1) is 6.60. The van der Waals surface area contributed by atoms with Gasteiger partial charge in [0.2, 0.25) is 0 Å². The van der Waals surface area contributed by atoms with E-state index >= 15 is 0 Å². The fraction of sp³-hybridized carbons (Fsp3) is 0.455. The van der Waals surface area contributed by atoms with Gasteiger partial charge in [0, 0.05) is 16.7 Å². The van der Waals surface area contributed by atoms with Gasteiger partial charge in [-0.2, -0.15) is 0 Å². The zero-order chi connectivity index (χ0) is 10.7. The number of methoxy groups -OCH3 is 2. The van der Waals surface area contributed by atoms with Gasteiger partial charge in [-0.3, -0.25) is 0 Å². The molecule has 0 amide bonds. The fourth-order valence-electron chi connectivity index (χ4n) is 1.39. The molecule has 1 rings (SSSR count).